The minimum atomic E-state index is -4.74. The number of likely N-dealkylation sites (tertiary alicyclic amines) is 1. The summed E-state index contributed by atoms with van der Waals surface area (Å²) in [6.07, 6.45) is -2.08. The van der Waals surface area contributed by atoms with Gasteiger partial charge in [0, 0.05) is 19.1 Å². The van der Waals surface area contributed by atoms with Crippen LogP contribution in [0.25, 0.3) is 0 Å². The summed E-state index contributed by atoms with van der Waals surface area (Å²) in [6, 6.07) is 0.0119. The van der Waals surface area contributed by atoms with Gasteiger partial charge in [0.15, 0.2) is 0 Å². The molecule has 1 atom stereocenters. The van der Waals surface area contributed by atoms with Gasteiger partial charge < -0.3 is 10.2 Å². The number of alkyl halides is 3. The first kappa shape index (κ1) is 13.3. The zero-order chi connectivity index (χ0) is 12.2. The van der Waals surface area contributed by atoms with E-state index in [1.54, 1.807) is 0 Å². The minimum Gasteiger partial charge on any atom is -0.333 e. The molecule has 94 valence electrons. The molecule has 1 N–H and O–H groups in total. The lowest BCUT2D eigenvalue weighted by molar-refractivity contribution is -0.184. The fourth-order valence-corrected chi connectivity index (χ4v) is 1.77. The van der Waals surface area contributed by atoms with E-state index in [0.717, 1.165) is 24.3 Å². The minimum absolute atomic E-state index is 0.0119. The fourth-order valence-electron chi connectivity index (χ4n) is 1.77. The topological polar surface area (TPSA) is 32.3 Å². The second kappa shape index (κ2) is 5.52. The van der Waals surface area contributed by atoms with Gasteiger partial charge in [-0.05, 0) is 19.4 Å². The van der Waals surface area contributed by atoms with Crippen LogP contribution in [0.5, 0.6) is 0 Å². The highest BCUT2D eigenvalue weighted by Gasteiger charge is 2.44. The summed E-state index contributed by atoms with van der Waals surface area (Å²) in [5, 5.41) is 3.16. The van der Waals surface area contributed by atoms with E-state index in [0.29, 0.717) is 6.42 Å². The quantitative estimate of drug-likeness (QED) is 0.753. The largest absolute Gasteiger partial charge is 0.471 e. The third kappa shape index (κ3) is 3.66. The first-order valence-electron chi connectivity index (χ1n) is 5.54. The molecule has 0 aromatic heterocycles. The molecule has 0 saturated carbocycles. The van der Waals surface area contributed by atoms with Crippen molar-refractivity contribution in [2.75, 3.05) is 19.6 Å². The Morgan fingerprint density at radius 2 is 2.19 bits per heavy atom. The van der Waals surface area contributed by atoms with Crippen molar-refractivity contribution in [1.29, 1.82) is 0 Å². The second-order valence-electron chi connectivity index (χ2n) is 4.04. The highest BCUT2D eigenvalue weighted by atomic mass is 19.4. The van der Waals surface area contributed by atoms with Crippen LogP contribution in [0.2, 0.25) is 0 Å². The predicted octanol–water partition coefficient (Wildman–Crippen LogP) is 1.54. The Labute approximate surface area is 93.0 Å². The van der Waals surface area contributed by atoms with Gasteiger partial charge in [0.05, 0.1) is 0 Å². The van der Waals surface area contributed by atoms with Crippen molar-refractivity contribution in [1.82, 2.24) is 10.2 Å². The molecule has 0 aliphatic carbocycles. The van der Waals surface area contributed by atoms with E-state index in [4.69, 9.17) is 0 Å². The van der Waals surface area contributed by atoms with Crippen molar-refractivity contribution < 1.29 is 18.0 Å². The Morgan fingerprint density at radius 1 is 1.50 bits per heavy atom. The van der Waals surface area contributed by atoms with Crippen molar-refractivity contribution in [3.05, 3.63) is 0 Å². The molecular formula is C10H17F3N2O. The van der Waals surface area contributed by atoms with Crippen LogP contribution in [0.4, 0.5) is 13.2 Å². The summed E-state index contributed by atoms with van der Waals surface area (Å²) >= 11 is 0. The number of hydrogen-bond donors (Lipinski definition) is 1. The standard InChI is InChI=1S/C10H17F3N2O/c1-2-3-5-14-8-4-6-15(7-8)9(16)10(11,12)13/h8,14H,2-7H2,1H3/t8-/m0/s1. The van der Waals surface area contributed by atoms with E-state index < -0.39 is 12.1 Å². The fraction of sp³-hybridized carbons (Fsp3) is 0.900. The smallest absolute Gasteiger partial charge is 0.333 e. The van der Waals surface area contributed by atoms with Crippen molar-refractivity contribution in [3.63, 3.8) is 0 Å². The maximum absolute atomic E-state index is 12.1. The van der Waals surface area contributed by atoms with Crippen LogP contribution < -0.4 is 5.32 Å². The average Bonchev–Trinajstić information content (AvgIpc) is 2.64. The average molecular weight is 238 g/mol. The van der Waals surface area contributed by atoms with E-state index in [9.17, 15) is 18.0 Å². The SMILES string of the molecule is CCCCN[C@H]1CCN(C(=O)C(F)(F)F)C1. The van der Waals surface area contributed by atoms with Crippen LogP contribution in [0.15, 0.2) is 0 Å². The molecule has 0 spiro atoms. The van der Waals surface area contributed by atoms with Crippen molar-refractivity contribution >= 4 is 5.91 Å². The molecule has 0 aromatic rings. The molecule has 1 amide bonds. The number of hydrogen-bond acceptors (Lipinski definition) is 2. The van der Waals surface area contributed by atoms with E-state index >= 15 is 0 Å². The highest BCUT2D eigenvalue weighted by molar-refractivity contribution is 5.82. The molecule has 1 aliphatic heterocycles. The monoisotopic (exact) mass is 238 g/mol. The molecule has 0 aromatic carbocycles. The number of rotatable bonds is 4. The lowest BCUT2D eigenvalue weighted by Crippen LogP contribution is -2.41. The van der Waals surface area contributed by atoms with Gasteiger partial charge in [-0.3, -0.25) is 4.79 Å². The lowest BCUT2D eigenvalue weighted by atomic mass is 10.2. The van der Waals surface area contributed by atoms with Crippen molar-refractivity contribution in [2.24, 2.45) is 0 Å². The number of unbranched alkanes of at least 4 members (excludes halogenated alkanes) is 1. The highest BCUT2D eigenvalue weighted by Crippen LogP contribution is 2.21. The molecule has 0 bridgehead atoms. The summed E-state index contributed by atoms with van der Waals surface area (Å²) in [7, 11) is 0. The predicted molar refractivity (Wildman–Crippen MR) is 54.0 cm³/mol. The second-order valence-corrected chi connectivity index (χ2v) is 4.04. The zero-order valence-electron chi connectivity index (χ0n) is 9.31. The maximum Gasteiger partial charge on any atom is 0.471 e. The van der Waals surface area contributed by atoms with Crippen LogP contribution >= 0.6 is 0 Å². The first-order chi connectivity index (χ1) is 7.45. The normalized spacial score (nSPS) is 21.5. The molecule has 0 unspecified atom stereocenters. The summed E-state index contributed by atoms with van der Waals surface area (Å²) < 4.78 is 36.4. The van der Waals surface area contributed by atoms with Crippen molar-refractivity contribution in [2.45, 2.75) is 38.4 Å². The zero-order valence-corrected chi connectivity index (χ0v) is 9.31. The third-order valence-electron chi connectivity index (χ3n) is 2.68. The van der Waals surface area contributed by atoms with Gasteiger partial charge >= 0.3 is 12.1 Å². The van der Waals surface area contributed by atoms with Gasteiger partial charge in [-0.25, -0.2) is 0 Å². The Balaban J connectivity index is 2.32. The molecule has 16 heavy (non-hydrogen) atoms. The van der Waals surface area contributed by atoms with Crippen LogP contribution in [0.1, 0.15) is 26.2 Å². The van der Waals surface area contributed by atoms with Gasteiger partial charge in [-0.15, -0.1) is 0 Å². The van der Waals surface area contributed by atoms with E-state index in [2.05, 4.69) is 12.2 Å². The molecule has 1 saturated heterocycles. The van der Waals surface area contributed by atoms with Gasteiger partial charge in [0.2, 0.25) is 0 Å². The van der Waals surface area contributed by atoms with Gasteiger partial charge in [-0.2, -0.15) is 13.2 Å². The third-order valence-corrected chi connectivity index (χ3v) is 2.68. The van der Waals surface area contributed by atoms with Gasteiger partial charge in [0.25, 0.3) is 0 Å². The molecule has 3 nitrogen and oxygen atoms in total. The molecule has 1 aliphatic rings. The summed E-state index contributed by atoms with van der Waals surface area (Å²) in [5.74, 6) is -1.72. The summed E-state index contributed by atoms with van der Waals surface area (Å²) in [6.45, 7) is 3.22. The van der Waals surface area contributed by atoms with E-state index in [1.807, 2.05) is 0 Å². The van der Waals surface area contributed by atoms with Crippen molar-refractivity contribution in [3.8, 4) is 0 Å². The molecule has 1 heterocycles. The molecule has 0 radical (unpaired) electrons. The number of nitrogens with one attached hydrogen (secondary N) is 1. The number of carbonyl (C=O) groups excluding carboxylic acids is 1. The number of halogens is 3. The van der Waals surface area contributed by atoms with Crippen LogP contribution in [0, 0.1) is 0 Å². The number of carbonyl (C=O) groups is 1. The van der Waals surface area contributed by atoms with Crippen LogP contribution in [-0.4, -0.2) is 42.7 Å². The summed E-state index contributed by atoms with van der Waals surface area (Å²) in [5.41, 5.74) is 0. The van der Waals surface area contributed by atoms with E-state index in [1.165, 1.54) is 0 Å². The molecular weight excluding hydrogens is 221 g/mol. The number of amides is 1. The summed E-state index contributed by atoms with van der Waals surface area (Å²) in [4.78, 5) is 11.8. The van der Waals surface area contributed by atoms with Crippen LogP contribution in [0.3, 0.4) is 0 Å². The molecule has 1 rings (SSSR count). The molecule has 1 fully saturated rings. The molecule has 6 heteroatoms. The first-order valence-corrected chi connectivity index (χ1v) is 5.54. The number of nitrogens with zero attached hydrogens (tertiary/aromatic N) is 1. The van der Waals surface area contributed by atoms with Gasteiger partial charge in [0.1, 0.15) is 0 Å². The lowest BCUT2D eigenvalue weighted by Gasteiger charge is -2.18. The Bertz CT molecular complexity index is 243. The Kier molecular flexibility index (Phi) is 4.58. The van der Waals surface area contributed by atoms with E-state index in [-0.39, 0.29) is 19.1 Å². The Hall–Kier alpha value is -0.780. The Morgan fingerprint density at radius 3 is 2.75 bits per heavy atom. The van der Waals surface area contributed by atoms with Crippen LogP contribution in [-0.2, 0) is 4.79 Å². The maximum atomic E-state index is 12.1. The van der Waals surface area contributed by atoms with Gasteiger partial charge in [-0.1, -0.05) is 13.3 Å².